The third kappa shape index (κ3) is 3.43. The summed E-state index contributed by atoms with van der Waals surface area (Å²) in [7, 11) is 0. The molecule has 0 N–H and O–H groups in total. The first-order valence-electron chi connectivity index (χ1n) is 5.81. The van der Waals surface area contributed by atoms with Crippen LogP contribution in [0.15, 0.2) is 40.9 Å². The molecule has 7 heteroatoms. The number of rotatable bonds is 4. The first-order valence-corrected chi connectivity index (χ1v) is 6.60. The smallest absolute Gasteiger partial charge is 0.270 e. The summed E-state index contributed by atoms with van der Waals surface area (Å²) in [5.41, 5.74) is -0.113. The molecule has 21 heavy (non-hydrogen) atoms. The zero-order valence-electron chi connectivity index (χ0n) is 10.8. The van der Waals surface area contributed by atoms with Gasteiger partial charge in [0.2, 0.25) is 0 Å². The number of Topliss-reactive ketones (excluding diaryl/α,β-unsaturated/α-hetero) is 1. The molecule has 0 saturated heterocycles. The lowest BCUT2D eigenvalue weighted by atomic mass is 10.1. The van der Waals surface area contributed by atoms with E-state index in [1.165, 1.54) is 37.3 Å². The SMILES string of the molecule is CC(=O)c1cc([N+](=O)[O-])ccc1Oc1ccc(F)c(Br)c1. The largest absolute Gasteiger partial charge is 0.457 e. The lowest BCUT2D eigenvalue weighted by molar-refractivity contribution is -0.384. The maximum Gasteiger partial charge on any atom is 0.270 e. The first-order chi connectivity index (χ1) is 9.88. The number of ether oxygens (including phenoxy) is 1. The number of hydrogen-bond donors (Lipinski definition) is 0. The van der Waals surface area contributed by atoms with Crippen molar-refractivity contribution in [2.75, 3.05) is 0 Å². The zero-order chi connectivity index (χ0) is 15.6. The van der Waals surface area contributed by atoms with E-state index in [0.717, 1.165) is 6.07 Å². The average Bonchev–Trinajstić information content (AvgIpc) is 2.43. The monoisotopic (exact) mass is 353 g/mol. The van der Waals surface area contributed by atoms with Gasteiger partial charge in [-0.05, 0) is 47.1 Å². The second kappa shape index (κ2) is 6.01. The fourth-order valence-electron chi connectivity index (χ4n) is 1.66. The number of nitro groups is 1. The summed E-state index contributed by atoms with van der Waals surface area (Å²) in [6.45, 7) is 1.28. The maximum atomic E-state index is 13.2. The van der Waals surface area contributed by atoms with Crippen molar-refractivity contribution in [3.63, 3.8) is 0 Å². The molecule has 2 aromatic carbocycles. The minimum Gasteiger partial charge on any atom is -0.457 e. The minimum absolute atomic E-state index is 0.0876. The Labute approximate surface area is 127 Å². The van der Waals surface area contributed by atoms with Crippen LogP contribution in [-0.4, -0.2) is 10.7 Å². The molecule has 0 unspecified atom stereocenters. The van der Waals surface area contributed by atoms with Gasteiger partial charge in [-0.3, -0.25) is 14.9 Å². The number of nitro benzene ring substituents is 1. The van der Waals surface area contributed by atoms with Gasteiger partial charge in [0, 0.05) is 12.1 Å². The quantitative estimate of drug-likeness (QED) is 0.461. The van der Waals surface area contributed by atoms with Crippen molar-refractivity contribution in [3.05, 3.63) is 62.4 Å². The highest BCUT2D eigenvalue weighted by atomic mass is 79.9. The lowest BCUT2D eigenvalue weighted by Crippen LogP contribution is -1.99. The van der Waals surface area contributed by atoms with E-state index in [4.69, 9.17) is 4.74 Å². The highest BCUT2D eigenvalue weighted by molar-refractivity contribution is 9.10. The van der Waals surface area contributed by atoms with Gasteiger partial charge in [-0.15, -0.1) is 0 Å². The van der Waals surface area contributed by atoms with E-state index in [2.05, 4.69) is 15.9 Å². The molecule has 0 saturated carbocycles. The Kier molecular flexibility index (Phi) is 4.32. The second-order valence-electron chi connectivity index (χ2n) is 4.17. The Morgan fingerprint density at radius 2 is 2.00 bits per heavy atom. The van der Waals surface area contributed by atoms with Gasteiger partial charge in [-0.1, -0.05) is 0 Å². The van der Waals surface area contributed by atoms with Crippen molar-refractivity contribution >= 4 is 27.4 Å². The van der Waals surface area contributed by atoms with Crippen LogP contribution in [0.4, 0.5) is 10.1 Å². The summed E-state index contributed by atoms with van der Waals surface area (Å²) in [5, 5.41) is 10.7. The van der Waals surface area contributed by atoms with Gasteiger partial charge in [0.1, 0.15) is 17.3 Å². The highest BCUT2D eigenvalue weighted by Crippen LogP contribution is 2.31. The van der Waals surface area contributed by atoms with Crippen LogP contribution in [-0.2, 0) is 0 Å². The summed E-state index contributed by atoms with van der Waals surface area (Å²) in [6.07, 6.45) is 0. The van der Waals surface area contributed by atoms with Crippen LogP contribution in [0.2, 0.25) is 0 Å². The molecular weight excluding hydrogens is 345 g/mol. The van der Waals surface area contributed by atoms with Crippen LogP contribution in [0.25, 0.3) is 0 Å². The van der Waals surface area contributed by atoms with Crippen LogP contribution in [0.5, 0.6) is 11.5 Å². The highest BCUT2D eigenvalue weighted by Gasteiger charge is 2.16. The maximum absolute atomic E-state index is 13.2. The molecule has 2 rings (SSSR count). The second-order valence-corrected chi connectivity index (χ2v) is 5.03. The first kappa shape index (κ1) is 15.1. The van der Waals surface area contributed by atoms with Crippen LogP contribution in [0.3, 0.4) is 0 Å². The lowest BCUT2D eigenvalue weighted by Gasteiger charge is -2.09. The number of carbonyl (C=O) groups is 1. The topological polar surface area (TPSA) is 69.4 Å². The van der Waals surface area contributed by atoms with E-state index in [-0.39, 0.29) is 27.3 Å². The molecule has 108 valence electrons. The summed E-state index contributed by atoms with van der Waals surface area (Å²) < 4.78 is 18.9. The predicted molar refractivity (Wildman–Crippen MR) is 77.3 cm³/mol. The van der Waals surface area contributed by atoms with Crippen molar-refractivity contribution in [2.45, 2.75) is 6.92 Å². The Morgan fingerprint density at radius 1 is 1.29 bits per heavy atom. The number of carbonyl (C=O) groups excluding carboxylic acids is 1. The molecule has 2 aromatic rings. The fourth-order valence-corrected chi connectivity index (χ4v) is 2.02. The van der Waals surface area contributed by atoms with Crippen LogP contribution in [0, 0.1) is 15.9 Å². The molecular formula is C14H9BrFNO4. The van der Waals surface area contributed by atoms with Gasteiger partial charge < -0.3 is 4.74 Å². The van der Waals surface area contributed by atoms with E-state index in [1.807, 2.05) is 0 Å². The number of halogens is 2. The van der Waals surface area contributed by atoms with E-state index in [0.29, 0.717) is 5.75 Å². The van der Waals surface area contributed by atoms with Crippen LogP contribution >= 0.6 is 15.9 Å². The Balaban J connectivity index is 2.41. The van der Waals surface area contributed by atoms with Crippen molar-refractivity contribution in [2.24, 2.45) is 0 Å². The number of benzene rings is 2. The van der Waals surface area contributed by atoms with E-state index in [1.54, 1.807) is 0 Å². The summed E-state index contributed by atoms with van der Waals surface area (Å²) in [6, 6.07) is 7.73. The molecule has 0 aliphatic rings. The third-order valence-electron chi connectivity index (χ3n) is 2.67. The average molecular weight is 354 g/mol. The van der Waals surface area contributed by atoms with Crippen LogP contribution < -0.4 is 4.74 Å². The minimum atomic E-state index is -0.593. The standard InChI is InChI=1S/C14H9BrFNO4/c1-8(18)11-6-9(17(19)20)2-5-14(11)21-10-3-4-13(16)12(15)7-10/h2-7H,1H3. The fraction of sp³-hybridized carbons (Fsp3) is 0.0714. The van der Waals surface area contributed by atoms with Crippen molar-refractivity contribution in [3.8, 4) is 11.5 Å². The third-order valence-corrected chi connectivity index (χ3v) is 3.28. The van der Waals surface area contributed by atoms with E-state index < -0.39 is 10.7 Å². The zero-order valence-corrected chi connectivity index (χ0v) is 12.4. The number of non-ortho nitro benzene ring substituents is 1. The molecule has 0 atom stereocenters. The number of hydrogen-bond acceptors (Lipinski definition) is 4. The van der Waals surface area contributed by atoms with Crippen LogP contribution in [0.1, 0.15) is 17.3 Å². The molecule has 0 radical (unpaired) electrons. The Hall–Kier alpha value is -2.28. The Bertz CT molecular complexity index is 733. The molecule has 0 aliphatic heterocycles. The number of ketones is 1. The Morgan fingerprint density at radius 3 is 2.57 bits per heavy atom. The normalized spacial score (nSPS) is 10.2. The van der Waals surface area contributed by atoms with Gasteiger partial charge in [-0.25, -0.2) is 4.39 Å². The molecule has 0 bridgehead atoms. The van der Waals surface area contributed by atoms with E-state index >= 15 is 0 Å². The summed E-state index contributed by atoms with van der Waals surface area (Å²) in [4.78, 5) is 21.7. The number of nitrogens with zero attached hydrogens (tertiary/aromatic N) is 1. The summed E-state index contributed by atoms with van der Waals surface area (Å²) in [5.74, 6) is -0.334. The molecule has 0 spiro atoms. The van der Waals surface area contributed by atoms with E-state index in [9.17, 15) is 19.3 Å². The molecule has 0 heterocycles. The molecule has 0 fully saturated rings. The van der Waals surface area contributed by atoms with Crippen molar-refractivity contribution in [1.29, 1.82) is 0 Å². The van der Waals surface area contributed by atoms with Gasteiger partial charge in [-0.2, -0.15) is 0 Å². The van der Waals surface area contributed by atoms with Gasteiger partial charge in [0.15, 0.2) is 5.78 Å². The van der Waals surface area contributed by atoms with Crippen molar-refractivity contribution < 1.29 is 18.8 Å². The van der Waals surface area contributed by atoms with Gasteiger partial charge in [0.25, 0.3) is 5.69 Å². The van der Waals surface area contributed by atoms with Gasteiger partial charge in [0.05, 0.1) is 15.0 Å². The van der Waals surface area contributed by atoms with Crippen molar-refractivity contribution in [1.82, 2.24) is 0 Å². The predicted octanol–water partition coefficient (Wildman–Crippen LogP) is 4.49. The molecule has 0 amide bonds. The molecule has 0 aromatic heterocycles. The summed E-state index contributed by atoms with van der Waals surface area (Å²) >= 11 is 3.03. The molecule has 5 nitrogen and oxygen atoms in total. The molecule has 0 aliphatic carbocycles. The van der Waals surface area contributed by atoms with Gasteiger partial charge >= 0.3 is 0 Å².